The van der Waals surface area contributed by atoms with Crippen LogP contribution in [0.1, 0.15) is 38.7 Å². The van der Waals surface area contributed by atoms with E-state index < -0.39 is 23.5 Å². The van der Waals surface area contributed by atoms with E-state index in [0.29, 0.717) is 25.7 Å². The molecule has 0 saturated heterocycles. The van der Waals surface area contributed by atoms with Gasteiger partial charge in [-0.3, -0.25) is 4.79 Å². The Morgan fingerprint density at radius 2 is 1.81 bits per heavy atom. The molecule has 0 fully saturated rings. The van der Waals surface area contributed by atoms with E-state index in [2.05, 4.69) is 5.32 Å². The Balaban J connectivity index is 2.66. The molecule has 0 aliphatic rings. The van der Waals surface area contributed by atoms with Gasteiger partial charge in [0.25, 0.3) is 0 Å². The highest BCUT2D eigenvalue weighted by molar-refractivity contribution is 5.89. The Kier molecular flexibility index (Phi) is 6.37. The van der Waals surface area contributed by atoms with Gasteiger partial charge in [0.15, 0.2) is 0 Å². The molecule has 5 nitrogen and oxygen atoms in total. The van der Waals surface area contributed by atoms with Crippen molar-refractivity contribution in [1.29, 1.82) is 0 Å². The zero-order valence-corrected chi connectivity index (χ0v) is 12.6. The van der Waals surface area contributed by atoms with Crippen molar-refractivity contribution in [3.05, 3.63) is 35.9 Å². The highest BCUT2D eigenvalue weighted by atomic mass is 16.4. The predicted octanol–water partition coefficient (Wildman–Crippen LogP) is 1.71. The molecular formula is C16H24N2O3. The number of rotatable bonds is 8. The Morgan fingerprint density at radius 1 is 1.24 bits per heavy atom. The molecule has 5 heteroatoms. The van der Waals surface area contributed by atoms with Crippen molar-refractivity contribution in [3.63, 3.8) is 0 Å². The largest absolute Gasteiger partial charge is 0.480 e. The van der Waals surface area contributed by atoms with E-state index >= 15 is 0 Å². The Morgan fingerprint density at radius 3 is 2.29 bits per heavy atom. The lowest BCUT2D eigenvalue weighted by Gasteiger charge is -2.27. The summed E-state index contributed by atoms with van der Waals surface area (Å²) in [7, 11) is 0. The lowest BCUT2D eigenvalue weighted by atomic mass is 9.92. The summed E-state index contributed by atoms with van der Waals surface area (Å²) >= 11 is 0. The second-order valence-corrected chi connectivity index (χ2v) is 5.25. The summed E-state index contributed by atoms with van der Waals surface area (Å²) in [6.45, 7) is 3.64. The third-order valence-electron chi connectivity index (χ3n) is 3.88. The van der Waals surface area contributed by atoms with Crippen molar-refractivity contribution in [2.75, 3.05) is 0 Å². The van der Waals surface area contributed by atoms with E-state index in [4.69, 9.17) is 5.73 Å². The molecular weight excluding hydrogens is 268 g/mol. The summed E-state index contributed by atoms with van der Waals surface area (Å²) in [5.74, 6) is -1.43. The number of carbonyl (C=O) groups excluding carboxylic acids is 1. The fourth-order valence-corrected chi connectivity index (χ4v) is 2.09. The Labute approximate surface area is 125 Å². The molecule has 1 unspecified atom stereocenters. The zero-order valence-electron chi connectivity index (χ0n) is 12.6. The number of aryl methyl sites for hydroxylation is 1. The smallest absolute Gasteiger partial charge is 0.326 e. The fraction of sp³-hybridized carbons (Fsp3) is 0.500. The van der Waals surface area contributed by atoms with Gasteiger partial charge in [-0.1, -0.05) is 44.2 Å². The van der Waals surface area contributed by atoms with E-state index in [-0.39, 0.29) is 0 Å². The number of carbonyl (C=O) groups is 2. The third kappa shape index (κ3) is 4.86. The number of hydrogen-bond donors (Lipinski definition) is 3. The fourth-order valence-electron chi connectivity index (χ4n) is 2.09. The number of nitrogens with one attached hydrogen (secondary N) is 1. The molecule has 0 bridgehead atoms. The molecule has 0 aromatic heterocycles. The molecule has 0 radical (unpaired) electrons. The SMILES string of the molecule is CCC(N)(CC)C(=O)NC(CCc1ccccc1)C(=O)O. The zero-order chi connectivity index (χ0) is 15.9. The van der Waals surface area contributed by atoms with Crippen LogP contribution in [0.5, 0.6) is 0 Å². The van der Waals surface area contributed by atoms with Crippen LogP contribution in [-0.4, -0.2) is 28.6 Å². The first-order valence-corrected chi connectivity index (χ1v) is 7.29. The number of carboxylic acids is 1. The van der Waals surface area contributed by atoms with Crippen LogP contribution in [0.3, 0.4) is 0 Å². The summed E-state index contributed by atoms with van der Waals surface area (Å²) in [5.41, 5.74) is 6.04. The minimum absolute atomic E-state index is 0.342. The van der Waals surface area contributed by atoms with E-state index in [1.807, 2.05) is 44.2 Å². The van der Waals surface area contributed by atoms with Gasteiger partial charge in [0.1, 0.15) is 6.04 Å². The molecule has 0 heterocycles. The molecule has 21 heavy (non-hydrogen) atoms. The van der Waals surface area contributed by atoms with Gasteiger partial charge in [-0.25, -0.2) is 4.79 Å². The number of carboxylic acid groups (broad SMARTS) is 1. The molecule has 1 amide bonds. The van der Waals surface area contributed by atoms with Crippen molar-refractivity contribution in [3.8, 4) is 0 Å². The van der Waals surface area contributed by atoms with Crippen LogP contribution < -0.4 is 11.1 Å². The molecule has 1 atom stereocenters. The van der Waals surface area contributed by atoms with E-state index in [1.165, 1.54) is 0 Å². The van der Waals surface area contributed by atoms with Crippen molar-refractivity contribution in [1.82, 2.24) is 5.32 Å². The molecule has 116 valence electrons. The monoisotopic (exact) mass is 292 g/mol. The van der Waals surface area contributed by atoms with E-state index in [9.17, 15) is 14.7 Å². The Hall–Kier alpha value is -1.88. The molecule has 0 aliphatic heterocycles. The number of amides is 1. The normalized spacial score (nSPS) is 12.7. The van der Waals surface area contributed by atoms with Gasteiger partial charge in [-0.05, 0) is 31.2 Å². The molecule has 0 aliphatic carbocycles. The molecule has 1 rings (SSSR count). The maximum absolute atomic E-state index is 12.2. The van der Waals surface area contributed by atoms with Gasteiger partial charge in [-0.15, -0.1) is 0 Å². The average Bonchev–Trinajstić information content (AvgIpc) is 2.50. The second kappa shape index (κ2) is 7.78. The van der Waals surface area contributed by atoms with E-state index in [0.717, 1.165) is 5.56 Å². The predicted molar refractivity (Wildman–Crippen MR) is 81.8 cm³/mol. The summed E-state index contributed by atoms with van der Waals surface area (Å²) < 4.78 is 0. The van der Waals surface area contributed by atoms with Crippen LogP contribution in [0.25, 0.3) is 0 Å². The van der Waals surface area contributed by atoms with Gasteiger partial charge >= 0.3 is 5.97 Å². The van der Waals surface area contributed by atoms with Gasteiger partial charge < -0.3 is 16.2 Å². The standard InChI is InChI=1S/C16H24N2O3/c1-3-16(17,4-2)15(21)18-13(14(19)20)11-10-12-8-6-5-7-9-12/h5-9,13H,3-4,10-11,17H2,1-2H3,(H,18,21)(H,19,20). The van der Waals surface area contributed by atoms with Crippen LogP contribution in [0.4, 0.5) is 0 Å². The molecule has 0 saturated carbocycles. The molecule has 1 aromatic carbocycles. The maximum atomic E-state index is 12.2. The Bertz CT molecular complexity index is 470. The van der Waals surface area contributed by atoms with Crippen molar-refractivity contribution < 1.29 is 14.7 Å². The van der Waals surface area contributed by atoms with Crippen LogP contribution in [-0.2, 0) is 16.0 Å². The van der Waals surface area contributed by atoms with Gasteiger partial charge in [0.05, 0.1) is 5.54 Å². The van der Waals surface area contributed by atoms with Crippen molar-refractivity contribution in [2.45, 2.75) is 51.1 Å². The highest BCUT2D eigenvalue weighted by Crippen LogP contribution is 2.13. The second-order valence-electron chi connectivity index (χ2n) is 5.25. The quantitative estimate of drug-likeness (QED) is 0.680. The van der Waals surface area contributed by atoms with Gasteiger partial charge in [0, 0.05) is 0 Å². The summed E-state index contributed by atoms with van der Waals surface area (Å²) in [5, 5.41) is 11.8. The molecule has 1 aromatic rings. The van der Waals surface area contributed by atoms with Crippen LogP contribution in [0, 0.1) is 0 Å². The van der Waals surface area contributed by atoms with Crippen LogP contribution in [0.2, 0.25) is 0 Å². The van der Waals surface area contributed by atoms with Gasteiger partial charge in [-0.2, -0.15) is 0 Å². The first kappa shape index (κ1) is 17.2. The first-order valence-electron chi connectivity index (χ1n) is 7.29. The van der Waals surface area contributed by atoms with Crippen LogP contribution in [0.15, 0.2) is 30.3 Å². The topological polar surface area (TPSA) is 92.4 Å². The number of benzene rings is 1. The molecule has 0 spiro atoms. The lowest BCUT2D eigenvalue weighted by Crippen LogP contribution is -2.56. The van der Waals surface area contributed by atoms with Crippen LogP contribution >= 0.6 is 0 Å². The van der Waals surface area contributed by atoms with Crippen molar-refractivity contribution >= 4 is 11.9 Å². The highest BCUT2D eigenvalue weighted by Gasteiger charge is 2.32. The molecule has 4 N–H and O–H groups in total. The summed E-state index contributed by atoms with van der Waals surface area (Å²) in [6, 6.07) is 8.67. The van der Waals surface area contributed by atoms with Crippen molar-refractivity contribution in [2.24, 2.45) is 5.73 Å². The maximum Gasteiger partial charge on any atom is 0.326 e. The average molecular weight is 292 g/mol. The first-order chi connectivity index (χ1) is 9.92. The van der Waals surface area contributed by atoms with Gasteiger partial charge in [0.2, 0.25) is 5.91 Å². The lowest BCUT2D eigenvalue weighted by molar-refractivity contribution is -0.143. The number of aliphatic carboxylic acids is 1. The van der Waals surface area contributed by atoms with E-state index in [1.54, 1.807) is 0 Å². The number of hydrogen-bond acceptors (Lipinski definition) is 3. The third-order valence-corrected chi connectivity index (χ3v) is 3.88. The minimum atomic E-state index is -1.03. The summed E-state index contributed by atoms with van der Waals surface area (Å²) in [4.78, 5) is 23.5. The number of nitrogens with two attached hydrogens (primary N) is 1. The summed E-state index contributed by atoms with van der Waals surface area (Å²) in [6.07, 6.45) is 1.88. The minimum Gasteiger partial charge on any atom is -0.480 e.